The number of hydrogen-bond donors (Lipinski definition) is 0. The number of amides is 1. The number of ether oxygens (including phenoxy) is 2. The molecule has 2 aliphatic heterocycles. The van der Waals surface area contributed by atoms with Crippen molar-refractivity contribution in [2.45, 2.75) is 19.4 Å². The van der Waals surface area contributed by atoms with Crippen molar-refractivity contribution in [3.8, 4) is 5.75 Å². The van der Waals surface area contributed by atoms with Gasteiger partial charge in [0.05, 0.1) is 24.4 Å². The lowest BCUT2D eigenvalue weighted by molar-refractivity contribution is -0.139. The number of aliphatic imine (C=N–C) groups is 1. The Labute approximate surface area is 156 Å². The highest BCUT2D eigenvalue weighted by atomic mass is 32.2. The lowest BCUT2D eigenvalue weighted by Gasteiger charge is -2.38. The van der Waals surface area contributed by atoms with Crippen LogP contribution in [0.3, 0.4) is 0 Å². The lowest BCUT2D eigenvalue weighted by atomic mass is 9.94. The summed E-state index contributed by atoms with van der Waals surface area (Å²) in [7, 11) is 1.59. The monoisotopic (exact) mass is 372 g/mol. The molecule has 6 nitrogen and oxygen atoms in total. The molecule has 1 atom stereocenters. The van der Waals surface area contributed by atoms with Crippen LogP contribution in [0.25, 0.3) is 0 Å². The van der Waals surface area contributed by atoms with E-state index < -0.39 is 12.0 Å². The van der Waals surface area contributed by atoms with Gasteiger partial charge in [-0.3, -0.25) is 9.69 Å². The van der Waals surface area contributed by atoms with Gasteiger partial charge in [0.15, 0.2) is 5.17 Å². The molecule has 0 aromatic heterocycles. The van der Waals surface area contributed by atoms with Crippen LogP contribution >= 0.6 is 11.8 Å². The number of fused-ring (bicyclic) bond motifs is 1. The van der Waals surface area contributed by atoms with Crippen LogP contribution in [0.5, 0.6) is 5.75 Å². The maximum atomic E-state index is 12.7. The summed E-state index contributed by atoms with van der Waals surface area (Å²) in [5.74, 6) is 0.848. The summed E-state index contributed by atoms with van der Waals surface area (Å²) in [5, 5.41) is 0.625. The Kier molecular flexibility index (Phi) is 5.46. The summed E-state index contributed by atoms with van der Waals surface area (Å²) >= 11 is 1.52. The molecule has 7 heteroatoms. The first kappa shape index (κ1) is 18.3. The minimum Gasteiger partial charge on any atom is -0.497 e. The summed E-state index contributed by atoms with van der Waals surface area (Å²) in [5.41, 5.74) is 1.74. The van der Waals surface area contributed by atoms with Gasteiger partial charge in [0.1, 0.15) is 12.4 Å². The third-order valence-electron chi connectivity index (χ3n) is 4.19. The molecule has 0 spiro atoms. The fourth-order valence-electron chi connectivity index (χ4n) is 2.97. The number of esters is 1. The molecule has 0 radical (unpaired) electrons. The van der Waals surface area contributed by atoms with Crippen LogP contribution < -0.4 is 4.74 Å². The van der Waals surface area contributed by atoms with E-state index in [0.29, 0.717) is 34.4 Å². The van der Waals surface area contributed by atoms with Crippen molar-refractivity contribution in [1.82, 2.24) is 4.90 Å². The van der Waals surface area contributed by atoms with E-state index in [1.54, 1.807) is 18.9 Å². The topological polar surface area (TPSA) is 68.2 Å². The summed E-state index contributed by atoms with van der Waals surface area (Å²) in [6.45, 7) is 5.44. The average Bonchev–Trinajstić information content (AvgIpc) is 2.65. The number of hydrogen-bond acceptors (Lipinski definition) is 6. The van der Waals surface area contributed by atoms with E-state index in [1.165, 1.54) is 17.8 Å². The highest BCUT2D eigenvalue weighted by molar-refractivity contribution is 8.14. The molecule has 1 amide bonds. The first-order valence-corrected chi connectivity index (χ1v) is 9.21. The zero-order valence-corrected chi connectivity index (χ0v) is 15.5. The van der Waals surface area contributed by atoms with E-state index in [2.05, 4.69) is 11.6 Å². The normalized spacial score (nSPS) is 19.6. The molecular formula is C19H20N2O4S. The molecule has 26 heavy (non-hydrogen) atoms. The quantitative estimate of drug-likeness (QED) is 0.587. The predicted molar refractivity (Wildman–Crippen MR) is 101 cm³/mol. The van der Waals surface area contributed by atoms with Crippen LogP contribution in [0.1, 0.15) is 24.9 Å². The molecule has 0 N–H and O–H groups in total. The Morgan fingerprint density at radius 3 is 2.81 bits per heavy atom. The van der Waals surface area contributed by atoms with Crippen molar-refractivity contribution in [1.29, 1.82) is 0 Å². The van der Waals surface area contributed by atoms with Gasteiger partial charge in [-0.25, -0.2) is 9.79 Å². The molecule has 1 aromatic rings. The van der Waals surface area contributed by atoms with Crippen molar-refractivity contribution in [3.63, 3.8) is 0 Å². The van der Waals surface area contributed by atoms with E-state index in [0.717, 1.165) is 5.56 Å². The minimum atomic E-state index is -0.564. The van der Waals surface area contributed by atoms with Gasteiger partial charge in [-0.15, -0.1) is 0 Å². The molecule has 3 rings (SSSR count). The second-order valence-corrected chi connectivity index (χ2v) is 6.88. The van der Waals surface area contributed by atoms with Gasteiger partial charge >= 0.3 is 5.97 Å². The standard InChI is InChI=1S/C19H20N2O4S/c1-4-10-25-18(23)16-12(2)20-19-21(15(22)9-11-26-19)17(16)13-5-7-14(24-3)8-6-13/h4-8,17H,1,9-11H2,2-3H3/t17-/m1/s1. The Morgan fingerprint density at radius 1 is 1.42 bits per heavy atom. The molecule has 2 aliphatic rings. The lowest BCUT2D eigenvalue weighted by Crippen LogP contribution is -2.45. The van der Waals surface area contributed by atoms with Crippen molar-refractivity contribution < 1.29 is 19.1 Å². The van der Waals surface area contributed by atoms with Crippen LogP contribution in [0.4, 0.5) is 0 Å². The largest absolute Gasteiger partial charge is 0.497 e. The second kappa shape index (κ2) is 7.78. The van der Waals surface area contributed by atoms with Crippen molar-refractivity contribution in [2.75, 3.05) is 19.5 Å². The van der Waals surface area contributed by atoms with Gasteiger partial charge in [-0.2, -0.15) is 0 Å². The van der Waals surface area contributed by atoms with Gasteiger partial charge < -0.3 is 9.47 Å². The van der Waals surface area contributed by atoms with Crippen LogP contribution in [-0.4, -0.2) is 41.4 Å². The first-order valence-electron chi connectivity index (χ1n) is 8.23. The molecule has 1 aromatic carbocycles. The first-order chi connectivity index (χ1) is 12.6. The van der Waals surface area contributed by atoms with Gasteiger partial charge in [-0.1, -0.05) is 36.5 Å². The molecule has 2 heterocycles. The number of carbonyl (C=O) groups is 2. The zero-order chi connectivity index (χ0) is 18.7. The van der Waals surface area contributed by atoms with Crippen molar-refractivity contribution in [2.24, 2.45) is 4.99 Å². The number of allylic oxidation sites excluding steroid dienone is 1. The number of carbonyl (C=O) groups excluding carboxylic acids is 2. The summed E-state index contributed by atoms with van der Waals surface area (Å²) in [6.07, 6.45) is 1.92. The number of rotatable bonds is 5. The van der Waals surface area contributed by atoms with E-state index in [9.17, 15) is 9.59 Å². The Balaban J connectivity index is 2.09. The highest BCUT2D eigenvalue weighted by Gasteiger charge is 2.41. The fraction of sp³-hybridized carbons (Fsp3) is 0.316. The Bertz CT molecular complexity index is 798. The number of amidine groups is 1. The number of methoxy groups -OCH3 is 1. The molecule has 1 fully saturated rings. The second-order valence-electron chi connectivity index (χ2n) is 5.82. The molecule has 136 valence electrons. The van der Waals surface area contributed by atoms with Gasteiger partial charge in [0.2, 0.25) is 5.91 Å². The minimum absolute atomic E-state index is 0.0511. The molecule has 1 saturated heterocycles. The van der Waals surface area contributed by atoms with Crippen LogP contribution in [0.2, 0.25) is 0 Å². The third-order valence-corrected chi connectivity index (χ3v) is 5.14. The zero-order valence-electron chi connectivity index (χ0n) is 14.7. The molecule has 0 unspecified atom stereocenters. The van der Waals surface area contributed by atoms with E-state index in [-0.39, 0.29) is 12.5 Å². The maximum Gasteiger partial charge on any atom is 0.338 e. The van der Waals surface area contributed by atoms with Gasteiger partial charge in [0, 0.05) is 12.2 Å². The van der Waals surface area contributed by atoms with Gasteiger partial charge in [-0.05, 0) is 24.6 Å². The number of thioether (sulfide) groups is 1. The molecule has 0 saturated carbocycles. The Morgan fingerprint density at radius 2 is 2.15 bits per heavy atom. The maximum absolute atomic E-state index is 12.7. The molecule has 0 bridgehead atoms. The summed E-state index contributed by atoms with van der Waals surface area (Å²) in [6, 6.07) is 6.76. The number of nitrogens with zero attached hydrogens (tertiary/aromatic N) is 2. The SMILES string of the molecule is C=CCOC(=O)C1=C(C)N=C2SCCC(=O)N2[C@@H]1c1ccc(OC)cc1. The summed E-state index contributed by atoms with van der Waals surface area (Å²) < 4.78 is 10.5. The van der Waals surface area contributed by atoms with Gasteiger partial charge in [0.25, 0.3) is 0 Å². The smallest absolute Gasteiger partial charge is 0.338 e. The number of benzene rings is 1. The fourth-order valence-corrected chi connectivity index (χ4v) is 3.98. The van der Waals surface area contributed by atoms with E-state index in [4.69, 9.17) is 9.47 Å². The van der Waals surface area contributed by atoms with E-state index >= 15 is 0 Å². The molecular weight excluding hydrogens is 352 g/mol. The summed E-state index contributed by atoms with van der Waals surface area (Å²) in [4.78, 5) is 31.4. The van der Waals surface area contributed by atoms with Crippen molar-refractivity contribution in [3.05, 3.63) is 53.8 Å². The Hall–Kier alpha value is -2.54. The molecule has 0 aliphatic carbocycles. The van der Waals surface area contributed by atoms with Crippen LogP contribution in [0.15, 0.2) is 53.2 Å². The third kappa shape index (κ3) is 3.39. The van der Waals surface area contributed by atoms with Crippen LogP contribution in [-0.2, 0) is 14.3 Å². The predicted octanol–water partition coefficient (Wildman–Crippen LogP) is 3.07. The highest BCUT2D eigenvalue weighted by Crippen LogP contribution is 2.40. The van der Waals surface area contributed by atoms with Crippen LogP contribution in [0, 0.1) is 0 Å². The van der Waals surface area contributed by atoms with E-state index in [1.807, 2.05) is 24.3 Å². The van der Waals surface area contributed by atoms with Crippen molar-refractivity contribution >= 4 is 28.8 Å². The average molecular weight is 372 g/mol.